The minimum absolute atomic E-state index is 0.269. The fourth-order valence-electron chi connectivity index (χ4n) is 4.21. The molecule has 0 bridgehead atoms. The van der Waals surface area contributed by atoms with E-state index in [1.165, 1.54) is 43.6 Å². The molecule has 0 atom stereocenters. The van der Waals surface area contributed by atoms with E-state index in [-0.39, 0.29) is 18.3 Å². The average Bonchev–Trinajstić information content (AvgIpc) is 2.99. The van der Waals surface area contributed by atoms with Crippen molar-refractivity contribution in [2.24, 2.45) is 0 Å². The van der Waals surface area contributed by atoms with Crippen molar-refractivity contribution in [1.82, 2.24) is 9.88 Å². The molecule has 3 rings (SSSR count). The summed E-state index contributed by atoms with van der Waals surface area (Å²) in [5, 5.41) is 9.07. The number of nitrogens with zero attached hydrogens (tertiary/aromatic N) is 4. The second kappa shape index (κ2) is 18.1. The van der Waals surface area contributed by atoms with Gasteiger partial charge in [0, 0.05) is 29.7 Å². The van der Waals surface area contributed by atoms with Crippen LogP contribution in [-0.2, 0) is 6.54 Å². The van der Waals surface area contributed by atoms with Gasteiger partial charge in [0.05, 0.1) is 18.2 Å². The van der Waals surface area contributed by atoms with Crippen LogP contribution in [0.25, 0.3) is 0 Å². The summed E-state index contributed by atoms with van der Waals surface area (Å²) in [7, 11) is 0. The predicted octanol–water partition coefficient (Wildman–Crippen LogP) is 8.04. The molecule has 0 aliphatic carbocycles. The fourth-order valence-corrected chi connectivity index (χ4v) is 4.21. The summed E-state index contributed by atoms with van der Waals surface area (Å²) in [5.74, 6) is -0.640. The number of aromatic nitrogens is 1. The summed E-state index contributed by atoms with van der Waals surface area (Å²) in [6.07, 6.45) is 11.1. The van der Waals surface area contributed by atoms with E-state index >= 15 is 0 Å². The highest BCUT2D eigenvalue weighted by molar-refractivity contribution is 6.06. The highest BCUT2D eigenvalue weighted by Gasteiger charge is 2.19. The molecule has 2 aromatic carbocycles. The highest BCUT2D eigenvalue weighted by Crippen LogP contribution is 2.21. The van der Waals surface area contributed by atoms with Crippen LogP contribution in [0.15, 0.2) is 104 Å². The van der Waals surface area contributed by atoms with Crippen LogP contribution in [0.4, 0.5) is 10.1 Å². The molecule has 0 spiro atoms. The van der Waals surface area contributed by atoms with E-state index in [0.717, 1.165) is 24.2 Å². The van der Waals surface area contributed by atoms with Crippen LogP contribution < -0.4 is 4.90 Å². The van der Waals surface area contributed by atoms with E-state index in [0.29, 0.717) is 16.8 Å². The first kappa shape index (κ1) is 32.9. The Bertz CT molecular complexity index is 1320. The topological polar surface area (TPSA) is 60.2 Å². The molecular formula is C35H41FN4O. The van der Waals surface area contributed by atoms with Crippen molar-refractivity contribution in [1.29, 1.82) is 5.26 Å². The molecule has 6 heteroatoms. The monoisotopic (exact) mass is 552 g/mol. The van der Waals surface area contributed by atoms with Gasteiger partial charge in [-0.15, -0.1) is 0 Å². The molecule has 0 N–H and O–H groups in total. The van der Waals surface area contributed by atoms with Crippen LogP contribution in [0.3, 0.4) is 0 Å². The minimum atomic E-state index is -0.371. The molecule has 0 saturated heterocycles. The SMILES string of the molecule is C=C/C=C(\C=C)CCN(CCC)CCC.Cc1ccc(CN(C(=O)c2cccc(C#N)c2)c2ccc(F)cc2)cn1. The maximum absolute atomic E-state index is 13.3. The maximum Gasteiger partial charge on any atom is 0.258 e. The molecule has 5 nitrogen and oxygen atoms in total. The Kier molecular flexibility index (Phi) is 14.5. The Morgan fingerprint density at radius 2 is 1.73 bits per heavy atom. The van der Waals surface area contributed by atoms with Gasteiger partial charge < -0.3 is 9.80 Å². The van der Waals surface area contributed by atoms with Gasteiger partial charge in [0.15, 0.2) is 0 Å². The Labute approximate surface area is 245 Å². The van der Waals surface area contributed by atoms with Gasteiger partial charge in [-0.05, 0) is 98.9 Å². The number of rotatable bonds is 13. The lowest BCUT2D eigenvalue weighted by Crippen LogP contribution is -2.30. The van der Waals surface area contributed by atoms with E-state index in [9.17, 15) is 9.18 Å². The van der Waals surface area contributed by atoms with Crippen molar-refractivity contribution in [2.45, 2.75) is 46.6 Å². The van der Waals surface area contributed by atoms with Crippen LogP contribution in [0.5, 0.6) is 0 Å². The number of pyridine rings is 1. The number of hydrogen-bond donors (Lipinski definition) is 0. The zero-order valence-electron chi connectivity index (χ0n) is 24.5. The number of halogens is 1. The number of carbonyl (C=O) groups is 1. The Balaban J connectivity index is 0.000000337. The van der Waals surface area contributed by atoms with Gasteiger partial charge in [-0.3, -0.25) is 9.78 Å². The van der Waals surface area contributed by atoms with E-state index in [4.69, 9.17) is 5.26 Å². The third-order valence-corrected chi connectivity index (χ3v) is 6.33. The largest absolute Gasteiger partial charge is 0.304 e. The number of anilines is 1. The first-order valence-corrected chi connectivity index (χ1v) is 14.0. The van der Waals surface area contributed by atoms with Crippen LogP contribution >= 0.6 is 0 Å². The molecule has 0 aliphatic rings. The van der Waals surface area contributed by atoms with Gasteiger partial charge in [0.2, 0.25) is 0 Å². The Morgan fingerprint density at radius 3 is 2.29 bits per heavy atom. The van der Waals surface area contributed by atoms with E-state index in [2.05, 4.69) is 36.9 Å². The summed E-state index contributed by atoms with van der Waals surface area (Å²) in [6, 6.07) is 18.1. The Hall–Kier alpha value is -4.34. The molecule has 3 aromatic rings. The molecule has 41 heavy (non-hydrogen) atoms. The van der Waals surface area contributed by atoms with Crippen LogP contribution in [-0.4, -0.2) is 35.4 Å². The van der Waals surface area contributed by atoms with Crippen molar-refractivity contribution >= 4 is 11.6 Å². The van der Waals surface area contributed by atoms with Gasteiger partial charge in [-0.25, -0.2) is 4.39 Å². The molecule has 0 fully saturated rings. The third-order valence-electron chi connectivity index (χ3n) is 6.33. The van der Waals surface area contributed by atoms with Crippen LogP contribution in [0.2, 0.25) is 0 Å². The van der Waals surface area contributed by atoms with Gasteiger partial charge in [-0.1, -0.05) is 57.4 Å². The molecule has 0 saturated carbocycles. The van der Waals surface area contributed by atoms with E-state index in [1.54, 1.807) is 47.5 Å². The molecular weight excluding hydrogens is 511 g/mol. The summed E-state index contributed by atoms with van der Waals surface area (Å²) >= 11 is 0. The van der Waals surface area contributed by atoms with Crippen molar-refractivity contribution in [3.05, 3.63) is 132 Å². The zero-order chi connectivity index (χ0) is 30.0. The van der Waals surface area contributed by atoms with Crippen molar-refractivity contribution in [3.63, 3.8) is 0 Å². The third kappa shape index (κ3) is 11.4. The first-order chi connectivity index (χ1) is 19.8. The number of benzene rings is 2. The molecule has 0 aliphatic heterocycles. The highest BCUT2D eigenvalue weighted by atomic mass is 19.1. The van der Waals surface area contributed by atoms with E-state index in [1.807, 2.05) is 43.4 Å². The number of amides is 1. The molecule has 0 unspecified atom stereocenters. The normalized spacial score (nSPS) is 10.8. The minimum Gasteiger partial charge on any atom is -0.304 e. The average molecular weight is 553 g/mol. The van der Waals surface area contributed by atoms with Crippen LogP contribution in [0.1, 0.15) is 60.3 Å². The van der Waals surface area contributed by atoms with Gasteiger partial charge in [0.1, 0.15) is 5.82 Å². The fraction of sp³-hybridized carbons (Fsp3) is 0.286. The quantitative estimate of drug-likeness (QED) is 0.201. The van der Waals surface area contributed by atoms with Gasteiger partial charge >= 0.3 is 0 Å². The van der Waals surface area contributed by atoms with Gasteiger partial charge in [0.25, 0.3) is 5.91 Å². The lowest BCUT2D eigenvalue weighted by atomic mass is 10.1. The first-order valence-electron chi connectivity index (χ1n) is 14.0. The molecule has 1 amide bonds. The number of carbonyl (C=O) groups excluding carboxylic acids is 1. The smallest absolute Gasteiger partial charge is 0.258 e. The number of aryl methyl sites for hydroxylation is 1. The number of hydrogen-bond acceptors (Lipinski definition) is 4. The molecule has 1 aromatic heterocycles. The van der Waals surface area contributed by atoms with Crippen LogP contribution in [0, 0.1) is 24.1 Å². The summed E-state index contributed by atoms with van der Waals surface area (Å²) in [4.78, 5) is 21.4. The predicted molar refractivity (Wildman–Crippen MR) is 167 cm³/mol. The van der Waals surface area contributed by atoms with Gasteiger partial charge in [-0.2, -0.15) is 5.26 Å². The zero-order valence-corrected chi connectivity index (χ0v) is 24.5. The summed E-state index contributed by atoms with van der Waals surface area (Å²) in [5.41, 5.74) is 4.39. The second-order valence-corrected chi connectivity index (χ2v) is 9.64. The van der Waals surface area contributed by atoms with Crippen molar-refractivity contribution < 1.29 is 9.18 Å². The summed E-state index contributed by atoms with van der Waals surface area (Å²) in [6.45, 7) is 17.7. The maximum atomic E-state index is 13.3. The standard InChI is InChI=1S/C21H16FN3O.C14H25N/c1-15-5-6-17(13-24-15)14-25(20-9-7-19(22)8-10-20)21(26)18-4-2-3-16(11-18)12-23;1-5-9-14(8-4)10-13-15(11-6-2)12-7-3/h2-11,13H,14H2,1H3;5,8-9H,1,4,6-7,10-13H2,2-3H3/b;14-9+. The Morgan fingerprint density at radius 1 is 1.02 bits per heavy atom. The number of nitriles is 1. The summed E-state index contributed by atoms with van der Waals surface area (Å²) < 4.78 is 13.3. The van der Waals surface area contributed by atoms with E-state index < -0.39 is 0 Å². The second-order valence-electron chi connectivity index (χ2n) is 9.64. The molecule has 0 radical (unpaired) electrons. The lowest BCUT2D eigenvalue weighted by molar-refractivity contribution is 0.0985. The molecule has 1 heterocycles. The molecule has 214 valence electrons. The van der Waals surface area contributed by atoms with Crippen molar-refractivity contribution in [2.75, 3.05) is 24.5 Å². The number of allylic oxidation sites excluding steroid dienone is 3. The lowest BCUT2D eigenvalue weighted by Gasteiger charge is -2.23. The van der Waals surface area contributed by atoms with Crippen molar-refractivity contribution in [3.8, 4) is 6.07 Å².